The molecule has 4 rings (SSSR count). The third-order valence-electron chi connectivity index (χ3n) is 7.55. The Balaban J connectivity index is 1.27. The van der Waals surface area contributed by atoms with Crippen LogP contribution in [0, 0.1) is 10.8 Å². The van der Waals surface area contributed by atoms with Gasteiger partial charge in [-0.2, -0.15) is 0 Å². The number of para-hydroxylation sites is 2. The molecule has 34 heavy (non-hydrogen) atoms. The lowest BCUT2D eigenvalue weighted by atomic mass is 9.85. The molecule has 0 radical (unpaired) electrons. The Kier molecular flexibility index (Phi) is 7.34. The molecule has 2 bridgehead atoms. The summed E-state index contributed by atoms with van der Waals surface area (Å²) in [7, 11) is 0. The second-order valence-corrected chi connectivity index (χ2v) is 11.2. The summed E-state index contributed by atoms with van der Waals surface area (Å²) in [4.78, 5) is 12.2. The van der Waals surface area contributed by atoms with Crippen molar-refractivity contribution in [3.63, 3.8) is 0 Å². The minimum absolute atomic E-state index is 0.0141. The molecule has 0 heterocycles. The third-order valence-corrected chi connectivity index (χ3v) is 7.55. The Labute approximate surface area is 203 Å². The SMILES string of the molecule is CC(OC(=O)COCC12CCC(OCc3ccccc3Oc3ccccc3)(CC1)C2)C(C)(C)C. The Bertz CT molecular complexity index is 954. The molecule has 5 heteroatoms. The molecule has 2 aliphatic carbocycles. The lowest BCUT2D eigenvalue weighted by Gasteiger charge is -2.28. The van der Waals surface area contributed by atoms with E-state index in [4.69, 9.17) is 18.9 Å². The first-order chi connectivity index (χ1) is 16.2. The molecule has 5 nitrogen and oxygen atoms in total. The van der Waals surface area contributed by atoms with Gasteiger partial charge in [-0.25, -0.2) is 4.79 Å². The third kappa shape index (κ3) is 6.00. The summed E-state index contributed by atoms with van der Waals surface area (Å²) < 4.78 is 24.0. The van der Waals surface area contributed by atoms with E-state index in [9.17, 15) is 4.79 Å². The zero-order valence-corrected chi connectivity index (χ0v) is 21.0. The average Bonchev–Trinajstić information content (AvgIpc) is 3.35. The van der Waals surface area contributed by atoms with Crippen LogP contribution in [0.25, 0.3) is 0 Å². The number of hydrogen-bond donors (Lipinski definition) is 0. The van der Waals surface area contributed by atoms with Gasteiger partial charge in [0.15, 0.2) is 0 Å². The van der Waals surface area contributed by atoms with Gasteiger partial charge in [-0.3, -0.25) is 0 Å². The Morgan fingerprint density at radius 2 is 1.65 bits per heavy atom. The number of carbonyl (C=O) groups is 1. The van der Waals surface area contributed by atoms with Gasteiger partial charge in [0.05, 0.1) is 18.8 Å². The molecule has 0 aliphatic heterocycles. The first-order valence-electron chi connectivity index (χ1n) is 12.4. The second-order valence-electron chi connectivity index (χ2n) is 11.2. The molecule has 2 aliphatic rings. The van der Waals surface area contributed by atoms with E-state index in [1.54, 1.807) is 0 Å². The molecule has 2 saturated carbocycles. The van der Waals surface area contributed by atoms with Gasteiger partial charge < -0.3 is 18.9 Å². The van der Waals surface area contributed by atoms with E-state index in [0.717, 1.165) is 49.2 Å². The second kappa shape index (κ2) is 10.1. The van der Waals surface area contributed by atoms with Crippen molar-refractivity contribution in [1.29, 1.82) is 0 Å². The standard InChI is InChI=1S/C29H38O5/c1-22(27(2,3)4)33-26(30)19-31-21-28-14-16-29(20-28,17-15-28)32-18-23-10-8-9-13-25(23)34-24-11-6-5-7-12-24/h5-13,22H,14-21H2,1-4H3. The van der Waals surface area contributed by atoms with Gasteiger partial charge in [0, 0.05) is 5.56 Å². The number of carbonyl (C=O) groups excluding carboxylic acids is 1. The van der Waals surface area contributed by atoms with E-state index in [1.165, 1.54) is 0 Å². The van der Waals surface area contributed by atoms with Crippen LogP contribution in [0.2, 0.25) is 0 Å². The summed E-state index contributed by atoms with van der Waals surface area (Å²) in [5.41, 5.74) is 0.977. The van der Waals surface area contributed by atoms with Crippen LogP contribution >= 0.6 is 0 Å². The van der Waals surface area contributed by atoms with Crippen molar-refractivity contribution in [2.24, 2.45) is 10.8 Å². The fraction of sp³-hybridized carbons (Fsp3) is 0.552. The first kappa shape index (κ1) is 24.7. The minimum Gasteiger partial charge on any atom is -0.460 e. The van der Waals surface area contributed by atoms with Crippen LogP contribution in [-0.4, -0.2) is 30.9 Å². The maximum absolute atomic E-state index is 12.2. The van der Waals surface area contributed by atoms with Crippen LogP contribution in [-0.2, 0) is 25.6 Å². The summed E-state index contributed by atoms with van der Waals surface area (Å²) in [6.07, 6.45) is 5.04. The van der Waals surface area contributed by atoms with E-state index in [-0.39, 0.29) is 35.1 Å². The molecule has 0 amide bonds. The number of hydrogen-bond acceptors (Lipinski definition) is 5. The number of ether oxygens (including phenoxy) is 4. The van der Waals surface area contributed by atoms with Crippen molar-refractivity contribution in [2.75, 3.05) is 13.2 Å². The maximum atomic E-state index is 12.2. The van der Waals surface area contributed by atoms with E-state index in [0.29, 0.717) is 13.2 Å². The topological polar surface area (TPSA) is 54.0 Å². The lowest BCUT2D eigenvalue weighted by Crippen LogP contribution is -2.31. The van der Waals surface area contributed by atoms with Crippen LogP contribution in [0.3, 0.4) is 0 Å². The summed E-state index contributed by atoms with van der Waals surface area (Å²) in [5.74, 6) is 1.37. The van der Waals surface area contributed by atoms with Crippen molar-refractivity contribution >= 4 is 5.97 Å². The molecular weight excluding hydrogens is 428 g/mol. The zero-order chi connectivity index (χ0) is 24.2. The number of rotatable bonds is 10. The smallest absolute Gasteiger partial charge is 0.332 e. The fourth-order valence-corrected chi connectivity index (χ4v) is 4.99. The van der Waals surface area contributed by atoms with Gasteiger partial charge in [-0.05, 0) is 68.1 Å². The van der Waals surface area contributed by atoms with Crippen molar-refractivity contribution in [2.45, 2.75) is 78.1 Å². The lowest BCUT2D eigenvalue weighted by molar-refractivity contribution is -0.159. The van der Waals surface area contributed by atoms with Gasteiger partial charge in [-0.1, -0.05) is 57.2 Å². The number of benzene rings is 2. The summed E-state index contributed by atoms with van der Waals surface area (Å²) in [5, 5.41) is 0. The van der Waals surface area contributed by atoms with Gasteiger partial charge >= 0.3 is 5.97 Å². The largest absolute Gasteiger partial charge is 0.460 e. The van der Waals surface area contributed by atoms with Gasteiger partial charge in [0.25, 0.3) is 0 Å². The monoisotopic (exact) mass is 466 g/mol. The first-order valence-corrected chi connectivity index (χ1v) is 12.4. The molecular formula is C29H38O5. The summed E-state index contributed by atoms with van der Waals surface area (Å²) >= 11 is 0. The van der Waals surface area contributed by atoms with Crippen LogP contribution < -0.4 is 4.74 Å². The van der Waals surface area contributed by atoms with E-state index in [2.05, 4.69) is 26.8 Å². The average molecular weight is 467 g/mol. The summed E-state index contributed by atoms with van der Waals surface area (Å²) in [6, 6.07) is 17.9. The van der Waals surface area contributed by atoms with Crippen molar-refractivity contribution in [3.05, 3.63) is 60.2 Å². The quantitative estimate of drug-likeness (QED) is 0.365. The molecule has 0 saturated heterocycles. The number of esters is 1. The van der Waals surface area contributed by atoms with Gasteiger partial charge in [0.1, 0.15) is 24.2 Å². The highest BCUT2D eigenvalue weighted by molar-refractivity contribution is 5.70. The molecule has 0 spiro atoms. The normalized spacial score (nSPS) is 24.7. The van der Waals surface area contributed by atoms with Crippen molar-refractivity contribution < 1.29 is 23.7 Å². The molecule has 1 atom stereocenters. The Morgan fingerprint density at radius 3 is 2.35 bits per heavy atom. The molecule has 0 aromatic heterocycles. The van der Waals surface area contributed by atoms with E-state index < -0.39 is 0 Å². The highest BCUT2D eigenvalue weighted by Gasteiger charge is 2.55. The minimum atomic E-state index is -0.285. The van der Waals surface area contributed by atoms with Gasteiger partial charge in [-0.15, -0.1) is 0 Å². The predicted octanol–water partition coefficient (Wildman–Crippen LogP) is 6.69. The van der Waals surface area contributed by atoms with Crippen molar-refractivity contribution in [1.82, 2.24) is 0 Å². The van der Waals surface area contributed by atoms with E-state index in [1.807, 2.05) is 55.5 Å². The Hall–Kier alpha value is -2.37. The van der Waals surface area contributed by atoms with Crippen LogP contribution in [0.1, 0.15) is 65.4 Å². The van der Waals surface area contributed by atoms with Crippen LogP contribution in [0.4, 0.5) is 0 Å². The van der Waals surface area contributed by atoms with E-state index >= 15 is 0 Å². The molecule has 2 aromatic carbocycles. The molecule has 1 unspecified atom stereocenters. The molecule has 2 aromatic rings. The highest BCUT2D eigenvalue weighted by Crippen LogP contribution is 2.58. The highest BCUT2D eigenvalue weighted by atomic mass is 16.6. The molecule has 0 N–H and O–H groups in total. The Morgan fingerprint density at radius 1 is 0.971 bits per heavy atom. The fourth-order valence-electron chi connectivity index (χ4n) is 4.99. The van der Waals surface area contributed by atoms with Crippen LogP contribution in [0.5, 0.6) is 11.5 Å². The zero-order valence-electron chi connectivity index (χ0n) is 21.0. The predicted molar refractivity (Wildman–Crippen MR) is 132 cm³/mol. The van der Waals surface area contributed by atoms with Crippen LogP contribution in [0.15, 0.2) is 54.6 Å². The maximum Gasteiger partial charge on any atom is 0.332 e. The molecule has 2 fully saturated rings. The van der Waals surface area contributed by atoms with Gasteiger partial charge in [0.2, 0.25) is 0 Å². The summed E-state index contributed by atoms with van der Waals surface area (Å²) in [6.45, 7) is 9.25. The number of fused-ring (bicyclic) bond motifs is 2. The van der Waals surface area contributed by atoms with Crippen molar-refractivity contribution in [3.8, 4) is 11.5 Å². The molecule has 184 valence electrons.